The van der Waals surface area contributed by atoms with Gasteiger partial charge in [-0.25, -0.2) is 5.01 Å². The Kier molecular flexibility index (Phi) is 5.88. The monoisotopic (exact) mass is 466 g/mol. The molecule has 0 aromatic heterocycles. The van der Waals surface area contributed by atoms with Crippen molar-refractivity contribution in [3.8, 4) is 0 Å². The van der Waals surface area contributed by atoms with E-state index < -0.39 is 18.1 Å². The third-order valence-electron chi connectivity index (χ3n) is 5.64. The maximum atomic E-state index is 13.4. The number of carbonyl (C=O) groups is 1. The van der Waals surface area contributed by atoms with Gasteiger partial charge in [0.05, 0.1) is 11.8 Å². The molecule has 3 unspecified atom stereocenters. The molecule has 4 rings (SSSR count). The van der Waals surface area contributed by atoms with E-state index >= 15 is 0 Å². The average Bonchev–Trinajstić information content (AvgIpc) is 3.08. The molecule has 1 amide bonds. The highest BCUT2D eigenvalue weighted by Gasteiger charge is 2.52. The molecule has 1 aliphatic carbocycles. The quantitative estimate of drug-likeness (QED) is 0.472. The van der Waals surface area contributed by atoms with Crippen LogP contribution in [-0.2, 0) is 4.79 Å². The molecule has 0 spiro atoms. The Balaban J connectivity index is 1.80. The number of benzene rings is 2. The standard InChI is InChI=1S/C23H19Cl2F3N2O/c1-13-10-16(12-14-2-6-17(24)7-3-14)20-19(11-13)21(15-4-8-18(25)9-5-15)30(29-20)22(31)23(26,27)28/h2-9,12-13,19,21H,10-11H2,1H3/b16-12+. The first kappa shape index (κ1) is 21.9. The van der Waals surface area contributed by atoms with E-state index in [0.717, 1.165) is 11.1 Å². The van der Waals surface area contributed by atoms with Gasteiger partial charge in [0.25, 0.3) is 0 Å². The molecule has 1 saturated carbocycles. The molecule has 0 radical (unpaired) electrons. The van der Waals surface area contributed by atoms with Gasteiger partial charge in [-0.05, 0) is 65.8 Å². The number of carbonyl (C=O) groups excluding carboxylic acids is 1. The van der Waals surface area contributed by atoms with Crippen LogP contribution in [0.1, 0.15) is 36.9 Å². The second-order valence-electron chi connectivity index (χ2n) is 8.00. The lowest BCUT2D eigenvalue weighted by Crippen LogP contribution is -2.40. The molecule has 2 aromatic carbocycles. The van der Waals surface area contributed by atoms with E-state index in [2.05, 4.69) is 12.0 Å². The average molecular weight is 467 g/mol. The van der Waals surface area contributed by atoms with Crippen LogP contribution in [0.4, 0.5) is 13.2 Å². The Morgan fingerprint density at radius 3 is 2.23 bits per heavy atom. The SMILES string of the molecule is CC1C/C(=C\c2ccc(Cl)cc2)C2=NN(C(=O)C(F)(F)F)C(c3ccc(Cl)cc3)C2C1. The molecule has 1 heterocycles. The second kappa shape index (κ2) is 8.32. The molecule has 2 aromatic rings. The number of hydrogen-bond donors (Lipinski definition) is 0. The van der Waals surface area contributed by atoms with Gasteiger partial charge in [0, 0.05) is 16.0 Å². The van der Waals surface area contributed by atoms with Gasteiger partial charge in [-0.1, -0.05) is 54.4 Å². The van der Waals surface area contributed by atoms with Crippen molar-refractivity contribution in [1.82, 2.24) is 5.01 Å². The number of hydrazone groups is 1. The number of fused-ring (bicyclic) bond motifs is 1. The van der Waals surface area contributed by atoms with E-state index in [4.69, 9.17) is 23.2 Å². The molecule has 8 heteroatoms. The van der Waals surface area contributed by atoms with Crippen LogP contribution in [0.5, 0.6) is 0 Å². The Labute approximate surface area is 188 Å². The number of allylic oxidation sites excluding steroid dienone is 1. The predicted octanol–water partition coefficient (Wildman–Crippen LogP) is 6.92. The number of rotatable bonds is 2. The van der Waals surface area contributed by atoms with Crippen molar-refractivity contribution in [2.45, 2.75) is 32.0 Å². The summed E-state index contributed by atoms with van der Waals surface area (Å²) in [4.78, 5) is 12.3. The molecule has 31 heavy (non-hydrogen) atoms. The van der Waals surface area contributed by atoms with E-state index in [1.54, 1.807) is 36.4 Å². The van der Waals surface area contributed by atoms with E-state index in [9.17, 15) is 18.0 Å². The van der Waals surface area contributed by atoms with E-state index in [-0.39, 0.29) is 11.8 Å². The molecule has 162 valence electrons. The fourth-order valence-corrected chi connectivity index (χ4v) is 4.59. The maximum absolute atomic E-state index is 13.4. The second-order valence-corrected chi connectivity index (χ2v) is 8.87. The molecular formula is C23H19Cl2F3N2O. The summed E-state index contributed by atoms with van der Waals surface area (Å²) in [7, 11) is 0. The normalized spacial score (nSPS) is 24.8. The molecule has 0 bridgehead atoms. The van der Waals surface area contributed by atoms with Gasteiger partial charge < -0.3 is 0 Å². The summed E-state index contributed by atoms with van der Waals surface area (Å²) in [5, 5.41) is 5.91. The van der Waals surface area contributed by atoms with E-state index in [0.29, 0.717) is 39.2 Å². The van der Waals surface area contributed by atoms with Gasteiger partial charge >= 0.3 is 12.1 Å². The molecule has 0 N–H and O–H groups in total. The molecule has 1 aliphatic heterocycles. The van der Waals surface area contributed by atoms with Crippen molar-refractivity contribution in [3.63, 3.8) is 0 Å². The third kappa shape index (κ3) is 4.51. The van der Waals surface area contributed by atoms with Crippen LogP contribution in [0.15, 0.2) is 59.2 Å². The van der Waals surface area contributed by atoms with Crippen LogP contribution in [-0.4, -0.2) is 22.8 Å². The van der Waals surface area contributed by atoms with Crippen molar-refractivity contribution in [3.05, 3.63) is 75.3 Å². The highest BCUT2D eigenvalue weighted by Crippen LogP contribution is 2.47. The fraction of sp³-hybridized carbons (Fsp3) is 0.304. The van der Waals surface area contributed by atoms with Crippen LogP contribution in [0.3, 0.4) is 0 Å². The van der Waals surface area contributed by atoms with Gasteiger partial charge in [-0.15, -0.1) is 0 Å². The smallest absolute Gasteiger partial charge is 0.262 e. The lowest BCUT2D eigenvalue weighted by atomic mass is 9.73. The Morgan fingerprint density at radius 2 is 1.65 bits per heavy atom. The highest BCUT2D eigenvalue weighted by molar-refractivity contribution is 6.30. The third-order valence-corrected chi connectivity index (χ3v) is 6.14. The number of hydrogen-bond acceptors (Lipinski definition) is 2. The van der Waals surface area contributed by atoms with Gasteiger partial charge in [-0.3, -0.25) is 4.79 Å². The van der Waals surface area contributed by atoms with Crippen LogP contribution in [0.2, 0.25) is 10.0 Å². The number of nitrogens with zero attached hydrogens (tertiary/aromatic N) is 2. The minimum absolute atomic E-state index is 0.221. The zero-order valence-electron chi connectivity index (χ0n) is 16.5. The predicted molar refractivity (Wildman–Crippen MR) is 116 cm³/mol. The van der Waals surface area contributed by atoms with Crippen LogP contribution in [0.25, 0.3) is 6.08 Å². The van der Waals surface area contributed by atoms with Gasteiger partial charge in [0.15, 0.2) is 0 Å². The summed E-state index contributed by atoms with van der Waals surface area (Å²) in [5.41, 5.74) is 2.82. The molecular weight excluding hydrogens is 448 g/mol. The molecule has 3 nitrogen and oxygen atoms in total. The fourth-order valence-electron chi connectivity index (χ4n) is 4.34. The van der Waals surface area contributed by atoms with Crippen LogP contribution in [0, 0.1) is 11.8 Å². The summed E-state index contributed by atoms with van der Waals surface area (Å²) >= 11 is 11.9. The first-order valence-corrected chi connectivity index (χ1v) is 10.6. The molecule has 0 saturated heterocycles. The molecule has 1 fully saturated rings. The first-order chi connectivity index (χ1) is 14.6. The number of alkyl halides is 3. The minimum atomic E-state index is -5.02. The Morgan fingerprint density at radius 1 is 1.06 bits per heavy atom. The van der Waals surface area contributed by atoms with E-state index in [1.807, 2.05) is 18.2 Å². The van der Waals surface area contributed by atoms with Crippen molar-refractivity contribution in [2.75, 3.05) is 0 Å². The first-order valence-electron chi connectivity index (χ1n) is 9.84. The summed E-state index contributed by atoms with van der Waals surface area (Å²) in [6.45, 7) is 2.06. The van der Waals surface area contributed by atoms with Crippen LogP contribution < -0.4 is 0 Å². The van der Waals surface area contributed by atoms with Crippen LogP contribution >= 0.6 is 23.2 Å². The molecule has 2 aliphatic rings. The van der Waals surface area contributed by atoms with Gasteiger partial charge in [0.2, 0.25) is 0 Å². The highest BCUT2D eigenvalue weighted by atomic mass is 35.5. The Hall–Kier alpha value is -2.31. The summed E-state index contributed by atoms with van der Waals surface area (Å²) < 4.78 is 40.1. The molecule has 3 atom stereocenters. The van der Waals surface area contributed by atoms with Crippen molar-refractivity contribution < 1.29 is 18.0 Å². The lowest BCUT2D eigenvalue weighted by Gasteiger charge is -2.32. The number of amides is 1. The van der Waals surface area contributed by atoms with Gasteiger partial charge in [0.1, 0.15) is 0 Å². The summed E-state index contributed by atoms with van der Waals surface area (Å²) in [6, 6.07) is 12.9. The van der Waals surface area contributed by atoms with Gasteiger partial charge in [-0.2, -0.15) is 18.3 Å². The topological polar surface area (TPSA) is 32.7 Å². The Bertz CT molecular complexity index is 1050. The van der Waals surface area contributed by atoms with E-state index in [1.165, 1.54) is 0 Å². The summed E-state index contributed by atoms with van der Waals surface area (Å²) in [5.74, 6) is -2.08. The maximum Gasteiger partial charge on any atom is 0.473 e. The van der Waals surface area contributed by atoms with Crippen molar-refractivity contribution in [2.24, 2.45) is 16.9 Å². The summed E-state index contributed by atoms with van der Waals surface area (Å²) in [6.07, 6.45) is -1.81. The zero-order valence-corrected chi connectivity index (χ0v) is 18.0. The zero-order chi connectivity index (χ0) is 22.3. The minimum Gasteiger partial charge on any atom is -0.262 e. The number of halogens is 5. The van der Waals surface area contributed by atoms with Crippen molar-refractivity contribution >= 4 is 40.9 Å². The van der Waals surface area contributed by atoms with Crippen molar-refractivity contribution in [1.29, 1.82) is 0 Å². The lowest BCUT2D eigenvalue weighted by molar-refractivity contribution is -0.188. The largest absolute Gasteiger partial charge is 0.473 e.